The molecular formula is C23H34O2. The lowest BCUT2D eigenvalue weighted by molar-refractivity contribution is -0.210. The summed E-state index contributed by atoms with van der Waals surface area (Å²) in [5.41, 5.74) is 1.30. The van der Waals surface area contributed by atoms with Crippen molar-refractivity contribution >= 4 is 10.8 Å². The van der Waals surface area contributed by atoms with Gasteiger partial charge in [0.15, 0.2) is 5.79 Å². The Hall–Kier alpha value is -1.38. The van der Waals surface area contributed by atoms with Gasteiger partial charge in [-0.2, -0.15) is 0 Å². The van der Waals surface area contributed by atoms with E-state index >= 15 is 0 Å². The van der Waals surface area contributed by atoms with Crippen molar-refractivity contribution in [2.24, 2.45) is 0 Å². The second-order valence-corrected chi connectivity index (χ2v) is 7.01. The van der Waals surface area contributed by atoms with Crippen LogP contribution in [0.2, 0.25) is 0 Å². The summed E-state index contributed by atoms with van der Waals surface area (Å²) in [4.78, 5) is 0. The summed E-state index contributed by atoms with van der Waals surface area (Å²) < 4.78 is 11.7. The molecule has 0 aromatic heterocycles. The first-order chi connectivity index (χ1) is 12.2. The van der Waals surface area contributed by atoms with Gasteiger partial charge < -0.3 is 9.47 Å². The van der Waals surface area contributed by atoms with Gasteiger partial charge in [-0.15, -0.1) is 0 Å². The van der Waals surface area contributed by atoms with Crippen molar-refractivity contribution < 1.29 is 9.47 Å². The zero-order valence-corrected chi connectivity index (χ0v) is 16.2. The molecule has 0 saturated heterocycles. The van der Waals surface area contributed by atoms with Crippen LogP contribution in [0.5, 0.6) is 0 Å². The van der Waals surface area contributed by atoms with Crippen molar-refractivity contribution in [3.63, 3.8) is 0 Å². The maximum atomic E-state index is 5.86. The molecule has 0 N–H and O–H groups in total. The molecule has 0 bridgehead atoms. The Labute approximate surface area is 153 Å². The molecule has 0 amide bonds. The molecule has 0 spiro atoms. The molecule has 0 fully saturated rings. The van der Waals surface area contributed by atoms with Gasteiger partial charge in [-0.3, -0.25) is 0 Å². The number of unbranched alkanes of at least 4 members (excludes halogenated alkanes) is 6. The Morgan fingerprint density at radius 1 is 0.760 bits per heavy atom. The second kappa shape index (κ2) is 10.6. The quantitative estimate of drug-likeness (QED) is 0.323. The molecular weight excluding hydrogens is 308 g/mol. The van der Waals surface area contributed by atoms with Gasteiger partial charge in [-0.1, -0.05) is 87.9 Å². The number of hydrogen-bond donors (Lipinski definition) is 0. The predicted octanol–water partition coefficient (Wildman–Crippen LogP) is 6.51. The van der Waals surface area contributed by atoms with E-state index in [-0.39, 0.29) is 0 Å². The van der Waals surface area contributed by atoms with Crippen molar-refractivity contribution in [3.8, 4) is 0 Å². The predicted molar refractivity (Wildman–Crippen MR) is 107 cm³/mol. The highest BCUT2D eigenvalue weighted by Gasteiger charge is 2.29. The number of fused-ring (bicyclic) bond motifs is 1. The fourth-order valence-corrected chi connectivity index (χ4v) is 3.61. The van der Waals surface area contributed by atoms with Crippen LogP contribution in [0.4, 0.5) is 0 Å². The minimum Gasteiger partial charge on any atom is -0.353 e. The van der Waals surface area contributed by atoms with E-state index in [1.165, 1.54) is 54.9 Å². The normalized spacial score (nSPS) is 12.0. The van der Waals surface area contributed by atoms with Crippen LogP contribution >= 0.6 is 0 Å². The highest BCUT2D eigenvalue weighted by Crippen LogP contribution is 2.29. The van der Waals surface area contributed by atoms with Crippen molar-refractivity contribution in [3.05, 3.63) is 48.0 Å². The molecule has 25 heavy (non-hydrogen) atoms. The van der Waals surface area contributed by atoms with Crippen LogP contribution in [-0.4, -0.2) is 20.0 Å². The Kier molecular flexibility index (Phi) is 8.43. The number of hydrogen-bond acceptors (Lipinski definition) is 2. The molecule has 2 rings (SSSR count). The maximum Gasteiger partial charge on any atom is 0.171 e. The van der Waals surface area contributed by atoms with Crippen LogP contribution in [0, 0.1) is 0 Å². The third kappa shape index (κ3) is 5.83. The molecule has 0 aliphatic carbocycles. The van der Waals surface area contributed by atoms with Crippen LogP contribution in [0.25, 0.3) is 10.8 Å². The molecule has 0 aliphatic heterocycles. The lowest BCUT2D eigenvalue weighted by atomic mass is 9.94. The molecule has 138 valence electrons. The Balaban J connectivity index is 1.96. The molecule has 0 saturated carbocycles. The van der Waals surface area contributed by atoms with Crippen molar-refractivity contribution in [1.29, 1.82) is 0 Å². The van der Waals surface area contributed by atoms with Crippen molar-refractivity contribution in [1.82, 2.24) is 0 Å². The Bertz CT molecular complexity index is 611. The van der Waals surface area contributed by atoms with E-state index in [9.17, 15) is 0 Å². The van der Waals surface area contributed by atoms with Crippen LogP contribution in [-0.2, 0) is 15.9 Å². The average Bonchev–Trinajstić information content (AvgIpc) is 2.66. The molecule has 2 aromatic carbocycles. The summed E-state index contributed by atoms with van der Waals surface area (Å²) in [6.07, 6.45) is 10.8. The van der Waals surface area contributed by atoms with E-state index in [1.54, 1.807) is 14.2 Å². The first kappa shape index (κ1) is 19.9. The Morgan fingerprint density at radius 2 is 1.40 bits per heavy atom. The van der Waals surface area contributed by atoms with E-state index in [1.807, 2.05) is 0 Å². The van der Waals surface area contributed by atoms with E-state index in [0.717, 1.165) is 19.3 Å². The molecule has 0 unspecified atom stereocenters. The number of methoxy groups -OCH3 is 2. The summed E-state index contributed by atoms with van der Waals surface area (Å²) in [5, 5.41) is 2.57. The zero-order valence-electron chi connectivity index (χ0n) is 16.2. The van der Waals surface area contributed by atoms with Crippen molar-refractivity contribution in [2.75, 3.05) is 14.2 Å². The van der Waals surface area contributed by atoms with Gasteiger partial charge in [0.05, 0.1) is 0 Å². The summed E-state index contributed by atoms with van der Waals surface area (Å²) in [6.45, 7) is 2.26. The average molecular weight is 343 g/mol. The molecule has 2 aromatic rings. The highest BCUT2D eigenvalue weighted by molar-refractivity contribution is 5.85. The van der Waals surface area contributed by atoms with Gasteiger partial charge in [0.25, 0.3) is 0 Å². The molecule has 2 nitrogen and oxygen atoms in total. The van der Waals surface area contributed by atoms with Gasteiger partial charge in [-0.05, 0) is 22.8 Å². The minimum absolute atomic E-state index is 0.520. The first-order valence-electron chi connectivity index (χ1n) is 9.81. The standard InChI is InChI=1S/C23H34O2/c1-4-5-6-7-8-9-12-18-23(24-2,25-3)19-21-16-13-15-20-14-10-11-17-22(20)21/h10-11,13-17H,4-9,12,18-19H2,1-3H3. The van der Waals surface area contributed by atoms with E-state index in [4.69, 9.17) is 9.47 Å². The van der Waals surface area contributed by atoms with Crippen LogP contribution < -0.4 is 0 Å². The lowest BCUT2D eigenvalue weighted by Crippen LogP contribution is -2.36. The lowest BCUT2D eigenvalue weighted by Gasteiger charge is -2.31. The van der Waals surface area contributed by atoms with Gasteiger partial charge in [0.1, 0.15) is 0 Å². The molecule has 0 aliphatic rings. The van der Waals surface area contributed by atoms with Crippen LogP contribution in [0.15, 0.2) is 42.5 Å². The first-order valence-corrected chi connectivity index (χ1v) is 9.81. The fraction of sp³-hybridized carbons (Fsp3) is 0.565. The van der Waals surface area contributed by atoms with Gasteiger partial charge in [0.2, 0.25) is 0 Å². The monoisotopic (exact) mass is 342 g/mol. The van der Waals surface area contributed by atoms with E-state index < -0.39 is 5.79 Å². The number of ether oxygens (including phenoxy) is 2. The highest BCUT2D eigenvalue weighted by atomic mass is 16.7. The van der Waals surface area contributed by atoms with Gasteiger partial charge >= 0.3 is 0 Å². The van der Waals surface area contributed by atoms with Crippen molar-refractivity contribution in [2.45, 2.75) is 70.5 Å². The molecule has 0 heterocycles. The third-order valence-corrected chi connectivity index (χ3v) is 5.24. The third-order valence-electron chi connectivity index (χ3n) is 5.24. The largest absolute Gasteiger partial charge is 0.353 e. The van der Waals surface area contributed by atoms with Gasteiger partial charge in [-0.25, -0.2) is 0 Å². The number of benzene rings is 2. The summed E-state index contributed by atoms with van der Waals surface area (Å²) in [6, 6.07) is 15.0. The SMILES string of the molecule is CCCCCCCCCC(Cc1cccc2ccccc12)(OC)OC. The second-order valence-electron chi connectivity index (χ2n) is 7.01. The van der Waals surface area contributed by atoms with E-state index in [0.29, 0.717) is 0 Å². The van der Waals surface area contributed by atoms with Gasteiger partial charge in [0, 0.05) is 27.1 Å². The minimum atomic E-state index is -0.520. The molecule has 0 radical (unpaired) electrons. The topological polar surface area (TPSA) is 18.5 Å². The van der Waals surface area contributed by atoms with Crippen LogP contribution in [0.3, 0.4) is 0 Å². The number of rotatable bonds is 12. The summed E-state index contributed by atoms with van der Waals surface area (Å²) in [7, 11) is 3.55. The summed E-state index contributed by atoms with van der Waals surface area (Å²) >= 11 is 0. The van der Waals surface area contributed by atoms with Crippen LogP contribution in [0.1, 0.15) is 63.9 Å². The zero-order chi connectivity index (χ0) is 18.0. The molecule has 0 atom stereocenters. The molecule has 2 heteroatoms. The Morgan fingerprint density at radius 3 is 2.12 bits per heavy atom. The maximum absolute atomic E-state index is 5.86. The summed E-state index contributed by atoms with van der Waals surface area (Å²) in [5.74, 6) is -0.520. The smallest absolute Gasteiger partial charge is 0.171 e. The fourth-order valence-electron chi connectivity index (χ4n) is 3.61. The van der Waals surface area contributed by atoms with E-state index in [2.05, 4.69) is 49.4 Å².